The zero-order valence-electron chi connectivity index (χ0n) is 14.5. The smallest absolute Gasteiger partial charge is 0.254 e. The molecule has 4 rings (SSSR count). The van der Waals surface area contributed by atoms with Crippen LogP contribution in [-0.4, -0.2) is 47.2 Å². The zero-order valence-corrected chi connectivity index (χ0v) is 15.3. The maximum Gasteiger partial charge on any atom is 0.254 e. The molecule has 138 valence electrons. The topological polar surface area (TPSA) is 52.2 Å². The lowest BCUT2D eigenvalue weighted by Crippen LogP contribution is -2.49. The highest BCUT2D eigenvalue weighted by Crippen LogP contribution is 2.24. The first kappa shape index (κ1) is 17.5. The summed E-state index contributed by atoms with van der Waals surface area (Å²) in [6, 6.07) is 15.4. The lowest BCUT2D eigenvalue weighted by atomic mass is 10.1. The number of anilines is 1. The van der Waals surface area contributed by atoms with Crippen LogP contribution >= 0.6 is 11.6 Å². The van der Waals surface area contributed by atoms with E-state index >= 15 is 0 Å². The molecule has 0 aliphatic carbocycles. The maximum absolute atomic E-state index is 13.3. The van der Waals surface area contributed by atoms with Crippen LogP contribution in [0.3, 0.4) is 0 Å². The van der Waals surface area contributed by atoms with Crippen molar-refractivity contribution >= 4 is 23.3 Å². The molecule has 1 aliphatic heterocycles. The molecule has 2 heterocycles. The first-order valence-electron chi connectivity index (χ1n) is 8.71. The normalized spacial score (nSPS) is 14.4. The van der Waals surface area contributed by atoms with Crippen molar-refractivity contribution in [3.8, 4) is 11.3 Å². The van der Waals surface area contributed by atoms with Gasteiger partial charge in [0, 0.05) is 42.8 Å². The molecule has 1 aromatic heterocycles. The van der Waals surface area contributed by atoms with Gasteiger partial charge in [0.1, 0.15) is 5.82 Å². The largest absolute Gasteiger partial charge is 0.352 e. The molecule has 7 heteroatoms. The molecular weight excluding hydrogens is 367 g/mol. The number of carbonyl (C=O) groups excluding carboxylic acids is 1. The molecule has 1 saturated heterocycles. The summed E-state index contributed by atoms with van der Waals surface area (Å²) in [5, 5.41) is 8.13. The SMILES string of the molecule is O=C(c1cccc(F)c1)N1CCN(c2cc(-c3ccc(Cl)cc3)[nH]n2)CC1. The Hall–Kier alpha value is -2.86. The first-order valence-corrected chi connectivity index (χ1v) is 9.09. The Morgan fingerprint density at radius 2 is 1.78 bits per heavy atom. The van der Waals surface area contributed by atoms with Crippen LogP contribution in [0.15, 0.2) is 54.6 Å². The number of halogens is 2. The van der Waals surface area contributed by atoms with Gasteiger partial charge in [-0.05, 0) is 35.9 Å². The van der Waals surface area contributed by atoms with Crippen molar-refractivity contribution in [2.75, 3.05) is 31.1 Å². The van der Waals surface area contributed by atoms with E-state index in [9.17, 15) is 9.18 Å². The summed E-state index contributed by atoms with van der Waals surface area (Å²) in [7, 11) is 0. The van der Waals surface area contributed by atoms with Gasteiger partial charge in [-0.3, -0.25) is 9.89 Å². The Morgan fingerprint density at radius 1 is 1.04 bits per heavy atom. The third kappa shape index (κ3) is 3.80. The number of hydrogen-bond donors (Lipinski definition) is 1. The van der Waals surface area contributed by atoms with Crippen LogP contribution in [0, 0.1) is 5.82 Å². The molecule has 0 atom stereocenters. The standard InChI is InChI=1S/C20H18ClFN4O/c21-16-6-4-14(5-7-16)18-13-19(24-23-18)25-8-10-26(11-9-25)20(27)15-2-1-3-17(22)12-15/h1-7,12-13H,8-11H2,(H,23,24). The molecule has 27 heavy (non-hydrogen) atoms. The minimum absolute atomic E-state index is 0.141. The van der Waals surface area contributed by atoms with Gasteiger partial charge in [-0.1, -0.05) is 29.8 Å². The fourth-order valence-electron chi connectivity index (χ4n) is 3.19. The van der Waals surface area contributed by atoms with Gasteiger partial charge in [0.2, 0.25) is 0 Å². The van der Waals surface area contributed by atoms with Crippen molar-refractivity contribution in [1.82, 2.24) is 15.1 Å². The van der Waals surface area contributed by atoms with Crippen LogP contribution in [0.5, 0.6) is 0 Å². The van der Waals surface area contributed by atoms with Gasteiger partial charge in [-0.25, -0.2) is 4.39 Å². The number of nitrogens with zero attached hydrogens (tertiary/aromatic N) is 3. The van der Waals surface area contributed by atoms with E-state index in [1.807, 2.05) is 30.3 Å². The molecule has 0 radical (unpaired) electrons. The highest BCUT2D eigenvalue weighted by Gasteiger charge is 2.23. The fourth-order valence-corrected chi connectivity index (χ4v) is 3.32. The van der Waals surface area contributed by atoms with Gasteiger partial charge < -0.3 is 9.80 Å². The van der Waals surface area contributed by atoms with Gasteiger partial charge in [-0.15, -0.1) is 0 Å². The molecule has 0 spiro atoms. The molecule has 0 bridgehead atoms. The van der Waals surface area contributed by atoms with Gasteiger partial charge in [0.25, 0.3) is 5.91 Å². The number of hydrogen-bond acceptors (Lipinski definition) is 3. The summed E-state index contributed by atoms with van der Waals surface area (Å²) in [4.78, 5) is 16.4. The highest BCUT2D eigenvalue weighted by atomic mass is 35.5. The molecule has 1 N–H and O–H groups in total. The Kier molecular flexibility index (Phi) is 4.81. The lowest BCUT2D eigenvalue weighted by Gasteiger charge is -2.34. The summed E-state index contributed by atoms with van der Waals surface area (Å²) >= 11 is 5.93. The molecule has 0 saturated carbocycles. The predicted molar refractivity (Wildman–Crippen MR) is 104 cm³/mol. The summed E-state index contributed by atoms with van der Waals surface area (Å²) in [5.41, 5.74) is 2.31. The first-order chi connectivity index (χ1) is 13.1. The highest BCUT2D eigenvalue weighted by molar-refractivity contribution is 6.30. The van der Waals surface area contributed by atoms with Crippen molar-refractivity contribution in [2.45, 2.75) is 0 Å². The van der Waals surface area contributed by atoms with Gasteiger partial charge in [-0.2, -0.15) is 5.10 Å². The van der Waals surface area contributed by atoms with Crippen LogP contribution in [0.2, 0.25) is 5.02 Å². The second-order valence-electron chi connectivity index (χ2n) is 6.44. The van der Waals surface area contributed by atoms with Gasteiger partial charge in [0.05, 0.1) is 5.69 Å². The van der Waals surface area contributed by atoms with Crippen LogP contribution in [-0.2, 0) is 0 Å². The van der Waals surface area contributed by atoms with Crippen molar-refractivity contribution in [1.29, 1.82) is 0 Å². The van der Waals surface area contributed by atoms with Crippen molar-refractivity contribution in [2.24, 2.45) is 0 Å². The second-order valence-corrected chi connectivity index (χ2v) is 6.87. The number of nitrogens with one attached hydrogen (secondary N) is 1. The number of H-pyrrole nitrogens is 1. The van der Waals surface area contributed by atoms with E-state index in [4.69, 9.17) is 11.6 Å². The summed E-state index contributed by atoms with van der Waals surface area (Å²) in [5.74, 6) is 0.307. The van der Waals surface area contributed by atoms with Crippen molar-refractivity contribution in [3.05, 3.63) is 71.0 Å². The summed E-state index contributed by atoms with van der Waals surface area (Å²) < 4.78 is 13.3. The van der Waals surface area contributed by atoms with Crippen molar-refractivity contribution < 1.29 is 9.18 Å². The Labute approximate surface area is 161 Å². The molecule has 3 aromatic rings. The molecule has 5 nitrogen and oxygen atoms in total. The molecule has 1 aliphatic rings. The molecule has 1 fully saturated rings. The van der Waals surface area contributed by atoms with E-state index in [-0.39, 0.29) is 5.91 Å². The number of carbonyl (C=O) groups is 1. The predicted octanol–water partition coefficient (Wildman–Crippen LogP) is 3.83. The third-order valence-corrected chi connectivity index (χ3v) is 4.93. The van der Waals surface area contributed by atoms with E-state index in [0.29, 0.717) is 36.8 Å². The molecular formula is C20H18ClFN4O. The van der Waals surface area contributed by atoms with E-state index in [1.165, 1.54) is 12.1 Å². The second kappa shape index (κ2) is 7.40. The third-order valence-electron chi connectivity index (χ3n) is 4.68. The lowest BCUT2D eigenvalue weighted by molar-refractivity contribution is 0.0746. The van der Waals surface area contributed by atoms with E-state index in [0.717, 1.165) is 17.1 Å². The number of aromatic nitrogens is 2. The average Bonchev–Trinajstić information content (AvgIpc) is 3.18. The summed E-state index contributed by atoms with van der Waals surface area (Å²) in [6.07, 6.45) is 0. The minimum atomic E-state index is -0.397. The van der Waals surface area contributed by atoms with Crippen LogP contribution in [0.25, 0.3) is 11.3 Å². The quantitative estimate of drug-likeness (QED) is 0.746. The number of benzene rings is 2. The summed E-state index contributed by atoms with van der Waals surface area (Å²) in [6.45, 7) is 2.48. The van der Waals surface area contributed by atoms with Crippen molar-refractivity contribution in [3.63, 3.8) is 0 Å². The molecule has 1 amide bonds. The number of aromatic amines is 1. The zero-order chi connectivity index (χ0) is 18.8. The number of piperazine rings is 1. The number of amides is 1. The van der Waals surface area contributed by atoms with E-state index in [1.54, 1.807) is 17.0 Å². The van der Waals surface area contributed by atoms with Gasteiger partial charge >= 0.3 is 0 Å². The Morgan fingerprint density at radius 3 is 2.48 bits per heavy atom. The Balaban J connectivity index is 1.41. The Bertz CT molecular complexity index is 949. The minimum Gasteiger partial charge on any atom is -0.352 e. The van der Waals surface area contributed by atoms with E-state index in [2.05, 4.69) is 15.1 Å². The van der Waals surface area contributed by atoms with Crippen LogP contribution in [0.1, 0.15) is 10.4 Å². The monoisotopic (exact) mass is 384 g/mol. The maximum atomic E-state index is 13.3. The fraction of sp³-hybridized carbons (Fsp3) is 0.200. The average molecular weight is 385 g/mol. The van der Waals surface area contributed by atoms with Gasteiger partial charge in [0.15, 0.2) is 5.82 Å². The molecule has 0 unspecified atom stereocenters. The molecule has 2 aromatic carbocycles. The number of rotatable bonds is 3. The van der Waals surface area contributed by atoms with Crippen LogP contribution < -0.4 is 4.90 Å². The van der Waals surface area contributed by atoms with Crippen LogP contribution in [0.4, 0.5) is 10.2 Å². The van der Waals surface area contributed by atoms with E-state index < -0.39 is 5.82 Å².